The van der Waals surface area contributed by atoms with Gasteiger partial charge in [0.15, 0.2) is 0 Å². The number of carbonyl (C=O) groups excluding carboxylic acids is 1. The summed E-state index contributed by atoms with van der Waals surface area (Å²) in [6, 6.07) is 4.67. The number of fused-ring (bicyclic) bond motifs is 1. The summed E-state index contributed by atoms with van der Waals surface area (Å²) in [5.41, 5.74) is 1.09. The average Bonchev–Trinajstić information content (AvgIpc) is 3.38. The lowest BCUT2D eigenvalue weighted by molar-refractivity contribution is -0.384. The van der Waals surface area contributed by atoms with E-state index in [4.69, 9.17) is 9.47 Å². The molecule has 0 radical (unpaired) electrons. The van der Waals surface area contributed by atoms with E-state index < -0.39 is 4.92 Å². The molecule has 2 aromatic rings. The Balaban J connectivity index is 1.49. The number of H-pyrrole nitrogens is 1. The second-order valence-electron chi connectivity index (χ2n) is 7.24. The van der Waals surface area contributed by atoms with Crippen molar-refractivity contribution >= 4 is 22.5 Å². The molecule has 0 bridgehead atoms. The van der Waals surface area contributed by atoms with Gasteiger partial charge in [0, 0.05) is 67.4 Å². The Bertz CT molecular complexity index is 855. The smallest absolute Gasteiger partial charge is 0.270 e. The summed E-state index contributed by atoms with van der Waals surface area (Å²) in [7, 11) is 0. The Morgan fingerprint density at radius 3 is 2.86 bits per heavy atom. The van der Waals surface area contributed by atoms with Gasteiger partial charge in [-0.2, -0.15) is 0 Å². The van der Waals surface area contributed by atoms with Crippen molar-refractivity contribution in [3.63, 3.8) is 0 Å². The minimum Gasteiger partial charge on any atom is -0.381 e. The van der Waals surface area contributed by atoms with E-state index in [0.717, 1.165) is 26.1 Å². The van der Waals surface area contributed by atoms with E-state index >= 15 is 0 Å². The number of amides is 1. The van der Waals surface area contributed by atoms with Crippen molar-refractivity contribution in [3.8, 4) is 0 Å². The number of benzene rings is 1. The number of nitrogens with one attached hydrogen (secondary N) is 2. The Hall–Kier alpha value is -2.49. The molecule has 28 heavy (non-hydrogen) atoms. The van der Waals surface area contributed by atoms with Gasteiger partial charge in [-0.05, 0) is 12.5 Å². The normalized spacial score (nSPS) is 21.6. The van der Waals surface area contributed by atoms with Gasteiger partial charge in [-0.1, -0.05) is 0 Å². The van der Waals surface area contributed by atoms with E-state index in [1.807, 2.05) is 0 Å². The molecule has 150 valence electrons. The Morgan fingerprint density at radius 2 is 2.14 bits per heavy atom. The molecule has 0 aliphatic carbocycles. The van der Waals surface area contributed by atoms with Crippen LogP contribution in [0.25, 0.3) is 10.9 Å². The van der Waals surface area contributed by atoms with Gasteiger partial charge in [0.05, 0.1) is 30.3 Å². The number of morpholine rings is 1. The highest BCUT2D eigenvalue weighted by molar-refractivity contribution is 6.07. The average molecular weight is 388 g/mol. The summed E-state index contributed by atoms with van der Waals surface area (Å²) < 4.78 is 11.0. The summed E-state index contributed by atoms with van der Waals surface area (Å²) in [4.78, 5) is 28.8. The third-order valence-corrected chi connectivity index (χ3v) is 5.62. The first-order valence-corrected chi connectivity index (χ1v) is 9.57. The van der Waals surface area contributed by atoms with E-state index in [2.05, 4.69) is 15.2 Å². The molecule has 0 saturated carbocycles. The van der Waals surface area contributed by atoms with Gasteiger partial charge < -0.3 is 19.8 Å². The van der Waals surface area contributed by atoms with Crippen molar-refractivity contribution in [3.05, 3.63) is 40.1 Å². The van der Waals surface area contributed by atoms with Gasteiger partial charge >= 0.3 is 0 Å². The molecule has 9 nitrogen and oxygen atoms in total. The van der Waals surface area contributed by atoms with E-state index in [9.17, 15) is 14.9 Å². The number of nitrogens with zero attached hydrogens (tertiary/aromatic N) is 2. The molecule has 0 unspecified atom stereocenters. The number of ether oxygens (including phenoxy) is 2. The molecule has 2 aliphatic heterocycles. The van der Waals surface area contributed by atoms with E-state index in [0.29, 0.717) is 48.7 Å². The van der Waals surface area contributed by atoms with Crippen LogP contribution in [0.15, 0.2) is 24.4 Å². The first-order chi connectivity index (χ1) is 13.6. The SMILES string of the molecule is O=C(NC[C@@H]([C@H]1CCOC1)N1CCOCC1)c1c[nH]c2ccc([N+](=O)[O-])cc12. The number of nitro groups is 1. The van der Waals surface area contributed by atoms with Gasteiger partial charge in [0.1, 0.15) is 0 Å². The van der Waals surface area contributed by atoms with Crippen LogP contribution in [0.4, 0.5) is 5.69 Å². The van der Waals surface area contributed by atoms with Crippen LogP contribution in [-0.2, 0) is 9.47 Å². The number of aromatic nitrogens is 1. The number of aromatic amines is 1. The van der Waals surface area contributed by atoms with Crippen molar-refractivity contribution in [2.24, 2.45) is 5.92 Å². The largest absolute Gasteiger partial charge is 0.381 e. The third kappa shape index (κ3) is 3.87. The number of hydrogen-bond donors (Lipinski definition) is 2. The quantitative estimate of drug-likeness (QED) is 0.574. The molecule has 3 heterocycles. The molecular formula is C19H24N4O5. The minimum absolute atomic E-state index is 0.0320. The first-order valence-electron chi connectivity index (χ1n) is 9.57. The van der Waals surface area contributed by atoms with Crippen LogP contribution in [-0.4, -0.2) is 72.8 Å². The predicted molar refractivity (Wildman–Crippen MR) is 102 cm³/mol. The summed E-state index contributed by atoms with van der Waals surface area (Å²) in [6.07, 6.45) is 2.59. The van der Waals surface area contributed by atoms with Crippen LogP contribution in [0.3, 0.4) is 0 Å². The Morgan fingerprint density at radius 1 is 1.32 bits per heavy atom. The lowest BCUT2D eigenvalue weighted by Crippen LogP contribution is -2.52. The van der Waals surface area contributed by atoms with E-state index in [1.165, 1.54) is 12.1 Å². The van der Waals surface area contributed by atoms with Crippen molar-refractivity contribution in [1.82, 2.24) is 15.2 Å². The van der Waals surface area contributed by atoms with Crippen LogP contribution < -0.4 is 5.32 Å². The minimum atomic E-state index is -0.456. The highest BCUT2D eigenvalue weighted by atomic mass is 16.6. The van der Waals surface area contributed by atoms with Crippen LogP contribution in [0.1, 0.15) is 16.8 Å². The maximum Gasteiger partial charge on any atom is 0.270 e. The lowest BCUT2D eigenvalue weighted by Gasteiger charge is -2.37. The fraction of sp³-hybridized carbons (Fsp3) is 0.526. The molecule has 0 spiro atoms. The number of non-ortho nitro benzene ring substituents is 1. The molecule has 2 saturated heterocycles. The summed E-state index contributed by atoms with van der Waals surface area (Å²) in [5, 5.41) is 14.6. The van der Waals surface area contributed by atoms with Gasteiger partial charge in [-0.25, -0.2) is 0 Å². The molecule has 1 aromatic carbocycles. The van der Waals surface area contributed by atoms with E-state index in [-0.39, 0.29) is 17.6 Å². The maximum atomic E-state index is 12.8. The van der Waals surface area contributed by atoms with Crippen molar-refractivity contribution in [2.45, 2.75) is 12.5 Å². The molecule has 2 N–H and O–H groups in total. The molecule has 1 aromatic heterocycles. The van der Waals surface area contributed by atoms with E-state index in [1.54, 1.807) is 12.3 Å². The topological polar surface area (TPSA) is 110 Å². The standard InChI is InChI=1S/C19H24N4O5/c24-19(16-10-20-17-2-1-14(23(25)26)9-15(16)17)21-11-18(13-3-6-28-12-13)22-4-7-27-8-5-22/h1-2,9-10,13,18,20H,3-8,11-12H2,(H,21,24)/t13-,18-/m0/s1. The fourth-order valence-corrected chi connectivity index (χ4v) is 4.06. The van der Waals surface area contributed by atoms with Crippen molar-refractivity contribution in [2.75, 3.05) is 46.1 Å². The van der Waals surface area contributed by atoms with Crippen molar-refractivity contribution in [1.29, 1.82) is 0 Å². The molecule has 2 aliphatic rings. The summed E-state index contributed by atoms with van der Waals surface area (Å²) in [5.74, 6) is 0.145. The van der Waals surface area contributed by atoms with Gasteiger partial charge in [-0.15, -0.1) is 0 Å². The van der Waals surface area contributed by atoms with Crippen LogP contribution >= 0.6 is 0 Å². The molecular weight excluding hydrogens is 364 g/mol. The zero-order chi connectivity index (χ0) is 19.5. The Kier molecular flexibility index (Phi) is 5.56. The predicted octanol–water partition coefficient (Wildman–Crippen LogP) is 1.54. The molecule has 9 heteroatoms. The lowest BCUT2D eigenvalue weighted by atomic mass is 9.96. The second kappa shape index (κ2) is 8.26. The number of hydrogen-bond acceptors (Lipinski definition) is 6. The third-order valence-electron chi connectivity index (χ3n) is 5.62. The summed E-state index contributed by atoms with van der Waals surface area (Å²) >= 11 is 0. The molecule has 2 atom stereocenters. The van der Waals surface area contributed by atoms with Gasteiger partial charge in [0.2, 0.25) is 0 Å². The zero-order valence-corrected chi connectivity index (χ0v) is 15.6. The summed E-state index contributed by atoms with van der Waals surface area (Å²) in [6.45, 7) is 5.05. The number of rotatable bonds is 6. The van der Waals surface area contributed by atoms with Gasteiger partial charge in [-0.3, -0.25) is 19.8 Å². The van der Waals surface area contributed by atoms with Crippen molar-refractivity contribution < 1.29 is 19.2 Å². The highest BCUT2D eigenvalue weighted by Gasteiger charge is 2.32. The molecule has 4 rings (SSSR count). The van der Waals surface area contributed by atoms with Crippen LogP contribution in [0, 0.1) is 16.0 Å². The molecule has 2 fully saturated rings. The monoisotopic (exact) mass is 388 g/mol. The second-order valence-corrected chi connectivity index (χ2v) is 7.24. The van der Waals surface area contributed by atoms with Gasteiger partial charge in [0.25, 0.3) is 11.6 Å². The van der Waals surface area contributed by atoms with Crippen LogP contribution in [0.5, 0.6) is 0 Å². The number of nitro benzene ring substituents is 1. The Labute approximate surface area is 162 Å². The first kappa shape index (κ1) is 18.9. The van der Waals surface area contributed by atoms with Crippen LogP contribution in [0.2, 0.25) is 0 Å². The highest BCUT2D eigenvalue weighted by Crippen LogP contribution is 2.25. The number of carbonyl (C=O) groups is 1. The fourth-order valence-electron chi connectivity index (χ4n) is 4.06. The molecule has 1 amide bonds. The maximum absolute atomic E-state index is 12.8. The zero-order valence-electron chi connectivity index (χ0n) is 15.6.